The van der Waals surface area contributed by atoms with Crippen LogP contribution < -0.4 is 14.8 Å². The molecule has 5 nitrogen and oxygen atoms in total. The summed E-state index contributed by atoms with van der Waals surface area (Å²) in [6.45, 7) is 4.36. The van der Waals surface area contributed by atoms with Crippen molar-refractivity contribution in [2.75, 3.05) is 19.5 Å². The van der Waals surface area contributed by atoms with Gasteiger partial charge in [-0.25, -0.2) is 9.97 Å². The molecule has 1 N–H and O–H groups in total. The Morgan fingerprint density at radius 1 is 0.917 bits per heavy atom. The zero-order valence-corrected chi connectivity index (χ0v) is 14.3. The van der Waals surface area contributed by atoms with Crippen molar-refractivity contribution in [3.8, 4) is 11.5 Å². The van der Waals surface area contributed by atoms with Crippen LogP contribution in [0.1, 0.15) is 25.3 Å². The van der Waals surface area contributed by atoms with Crippen LogP contribution in [-0.2, 0) is 0 Å². The molecule has 3 rings (SSSR count). The highest BCUT2D eigenvalue weighted by atomic mass is 16.5. The molecule has 24 heavy (non-hydrogen) atoms. The molecule has 3 aromatic rings. The Bertz CT molecular complexity index is 845. The molecule has 0 radical (unpaired) electrons. The molecule has 0 unspecified atom stereocenters. The topological polar surface area (TPSA) is 56.3 Å². The smallest absolute Gasteiger partial charge is 0.187 e. The van der Waals surface area contributed by atoms with Crippen molar-refractivity contribution < 1.29 is 9.47 Å². The maximum atomic E-state index is 5.45. The minimum absolute atomic E-state index is 0.510. The van der Waals surface area contributed by atoms with Crippen LogP contribution in [0.3, 0.4) is 0 Å². The van der Waals surface area contributed by atoms with Crippen molar-refractivity contribution in [2.24, 2.45) is 0 Å². The number of nitrogens with zero attached hydrogens (tertiary/aromatic N) is 2. The standard InChI is InChI=1S/C19H21N3O2/c1-12(2)13-5-7-14(8-6-13)22-19-15-9-10-16(23-3)18(24-4)17(15)20-11-21-19/h5-12H,1-4H3,(H,20,21,22). The van der Waals surface area contributed by atoms with Crippen LogP contribution in [0.2, 0.25) is 0 Å². The molecule has 2 aromatic carbocycles. The number of benzene rings is 2. The number of rotatable bonds is 5. The van der Waals surface area contributed by atoms with Crippen LogP contribution >= 0.6 is 0 Å². The third kappa shape index (κ3) is 2.97. The molecular weight excluding hydrogens is 302 g/mol. The van der Waals surface area contributed by atoms with E-state index in [1.807, 2.05) is 12.1 Å². The molecule has 0 saturated heterocycles. The van der Waals surface area contributed by atoms with E-state index in [9.17, 15) is 0 Å². The summed E-state index contributed by atoms with van der Waals surface area (Å²) in [5.74, 6) is 2.50. The minimum Gasteiger partial charge on any atom is -0.493 e. The summed E-state index contributed by atoms with van der Waals surface area (Å²) in [6.07, 6.45) is 1.52. The van der Waals surface area contributed by atoms with E-state index in [2.05, 4.69) is 53.4 Å². The van der Waals surface area contributed by atoms with Gasteiger partial charge in [-0.05, 0) is 35.7 Å². The zero-order valence-electron chi connectivity index (χ0n) is 14.3. The number of anilines is 2. The third-order valence-electron chi connectivity index (χ3n) is 3.99. The molecule has 0 atom stereocenters. The van der Waals surface area contributed by atoms with Crippen LogP contribution in [0.15, 0.2) is 42.7 Å². The molecule has 0 amide bonds. The van der Waals surface area contributed by atoms with E-state index in [1.165, 1.54) is 11.9 Å². The number of fused-ring (bicyclic) bond motifs is 1. The van der Waals surface area contributed by atoms with Crippen LogP contribution in [0.4, 0.5) is 11.5 Å². The first-order valence-electron chi connectivity index (χ1n) is 7.86. The Morgan fingerprint density at radius 3 is 2.29 bits per heavy atom. The number of nitrogens with one attached hydrogen (secondary N) is 1. The summed E-state index contributed by atoms with van der Waals surface area (Å²) >= 11 is 0. The van der Waals surface area contributed by atoms with Crippen molar-refractivity contribution in [3.63, 3.8) is 0 Å². The lowest BCUT2D eigenvalue weighted by atomic mass is 10.0. The van der Waals surface area contributed by atoms with Gasteiger partial charge < -0.3 is 14.8 Å². The van der Waals surface area contributed by atoms with Crippen molar-refractivity contribution >= 4 is 22.4 Å². The lowest BCUT2D eigenvalue weighted by Crippen LogP contribution is -1.99. The fourth-order valence-corrected chi connectivity index (χ4v) is 2.63. The summed E-state index contributed by atoms with van der Waals surface area (Å²) < 4.78 is 10.8. The molecule has 0 bridgehead atoms. The molecular formula is C19H21N3O2. The van der Waals surface area contributed by atoms with Gasteiger partial charge in [-0.2, -0.15) is 0 Å². The predicted octanol–water partition coefficient (Wildman–Crippen LogP) is 4.51. The molecule has 0 fully saturated rings. The van der Waals surface area contributed by atoms with E-state index in [-0.39, 0.29) is 0 Å². The van der Waals surface area contributed by atoms with Gasteiger partial charge in [-0.3, -0.25) is 0 Å². The second kappa shape index (κ2) is 6.74. The Labute approximate surface area is 141 Å². The lowest BCUT2D eigenvalue weighted by Gasteiger charge is -2.13. The highest BCUT2D eigenvalue weighted by molar-refractivity contribution is 5.95. The monoisotopic (exact) mass is 323 g/mol. The first kappa shape index (κ1) is 16.1. The highest BCUT2D eigenvalue weighted by Crippen LogP contribution is 2.36. The summed E-state index contributed by atoms with van der Waals surface area (Å²) in [4.78, 5) is 8.72. The Hall–Kier alpha value is -2.82. The third-order valence-corrected chi connectivity index (χ3v) is 3.99. The van der Waals surface area contributed by atoms with Gasteiger partial charge in [0.05, 0.1) is 14.2 Å². The summed E-state index contributed by atoms with van der Waals surface area (Å²) in [5.41, 5.74) is 3.00. The fraction of sp³-hybridized carbons (Fsp3) is 0.263. The zero-order chi connectivity index (χ0) is 17.1. The second-order valence-corrected chi connectivity index (χ2v) is 5.82. The molecule has 0 spiro atoms. The summed E-state index contributed by atoms with van der Waals surface area (Å²) in [5, 5.41) is 4.23. The Balaban J connectivity index is 2.00. The van der Waals surface area contributed by atoms with Gasteiger partial charge in [0, 0.05) is 11.1 Å². The quantitative estimate of drug-likeness (QED) is 0.748. The van der Waals surface area contributed by atoms with E-state index in [0.717, 1.165) is 16.9 Å². The molecule has 0 aliphatic heterocycles. The SMILES string of the molecule is COc1ccc2c(Nc3ccc(C(C)C)cc3)ncnc2c1OC. The van der Waals surface area contributed by atoms with Crippen LogP contribution in [-0.4, -0.2) is 24.2 Å². The van der Waals surface area contributed by atoms with Gasteiger partial charge in [-0.1, -0.05) is 26.0 Å². The van der Waals surface area contributed by atoms with Gasteiger partial charge in [0.25, 0.3) is 0 Å². The average Bonchev–Trinajstić information content (AvgIpc) is 2.61. The van der Waals surface area contributed by atoms with Gasteiger partial charge in [0.1, 0.15) is 17.7 Å². The van der Waals surface area contributed by atoms with Crippen molar-refractivity contribution in [3.05, 3.63) is 48.3 Å². The number of hydrogen-bond acceptors (Lipinski definition) is 5. The summed E-state index contributed by atoms with van der Waals surface area (Å²) in [6, 6.07) is 12.2. The van der Waals surface area contributed by atoms with E-state index in [4.69, 9.17) is 9.47 Å². The van der Waals surface area contributed by atoms with Gasteiger partial charge >= 0.3 is 0 Å². The predicted molar refractivity (Wildman–Crippen MR) is 96.5 cm³/mol. The first-order chi connectivity index (χ1) is 11.6. The molecule has 1 aromatic heterocycles. The molecule has 0 aliphatic carbocycles. The maximum absolute atomic E-state index is 5.45. The maximum Gasteiger partial charge on any atom is 0.187 e. The van der Waals surface area contributed by atoms with E-state index >= 15 is 0 Å². The van der Waals surface area contributed by atoms with Gasteiger partial charge in [0.15, 0.2) is 11.5 Å². The van der Waals surface area contributed by atoms with Gasteiger partial charge in [0.2, 0.25) is 0 Å². The van der Waals surface area contributed by atoms with Gasteiger partial charge in [-0.15, -0.1) is 0 Å². The molecule has 5 heteroatoms. The number of hydrogen-bond donors (Lipinski definition) is 1. The summed E-state index contributed by atoms with van der Waals surface area (Å²) in [7, 11) is 3.22. The minimum atomic E-state index is 0.510. The van der Waals surface area contributed by atoms with Crippen LogP contribution in [0.25, 0.3) is 10.9 Å². The lowest BCUT2D eigenvalue weighted by molar-refractivity contribution is 0.358. The number of methoxy groups -OCH3 is 2. The molecule has 0 saturated carbocycles. The average molecular weight is 323 g/mol. The first-order valence-corrected chi connectivity index (χ1v) is 7.86. The van der Waals surface area contributed by atoms with Crippen molar-refractivity contribution in [1.29, 1.82) is 0 Å². The molecule has 124 valence electrons. The van der Waals surface area contributed by atoms with Crippen LogP contribution in [0.5, 0.6) is 11.5 Å². The van der Waals surface area contributed by atoms with E-state index < -0.39 is 0 Å². The fourth-order valence-electron chi connectivity index (χ4n) is 2.63. The van der Waals surface area contributed by atoms with Crippen LogP contribution in [0, 0.1) is 0 Å². The van der Waals surface area contributed by atoms with E-state index in [0.29, 0.717) is 22.9 Å². The largest absolute Gasteiger partial charge is 0.493 e. The van der Waals surface area contributed by atoms with Crippen molar-refractivity contribution in [2.45, 2.75) is 19.8 Å². The van der Waals surface area contributed by atoms with Crippen molar-refractivity contribution in [1.82, 2.24) is 9.97 Å². The molecule has 0 aliphatic rings. The number of aromatic nitrogens is 2. The molecule has 1 heterocycles. The normalized spacial score (nSPS) is 10.9. The second-order valence-electron chi connectivity index (χ2n) is 5.82. The van der Waals surface area contributed by atoms with E-state index in [1.54, 1.807) is 14.2 Å². The highest BCUT2D eigenvalue weighted by Gasteiger charge is 2.13. The number of ether oxygens (including phenoxy) is 2. The Morgan fingerprint density at radius 2 is 1.67 bits per heavy atom. The Kier molecular flexibility index (Phi) is 4.51.